The van der Waals surface area contributed by atoms with E-state index >= 15 is 0 Å². The van der Waals surface area contributed by atoms with Crippen molar-refractivity contribution in [1.82, 2.24) is 0 Å². The van der Waals surface area contributed by atoms with Crippen LogP contribution in [0.2, 0.25) is 0 Å². The van der Waals surface area contributed by atoms with Gasteiger partial charge in [0, 0.05) is 33.4 Å². The molecule has 2 nitrogen and oxygen atoms in total. The Morgan fingerprint density at radius 3 is 1.84 bits per heavy atom. The normalized spacial score (nSPS) is 13.6. The first-order chi connectivity index (χ1) is 28.8. The highest BCUT2D eigenvalue weighted by Crippen LogP contribution is 2.51. The Labute approximate surface area is 339 Å². The predicted molar refractivity (Wildman–Crippen MR) is 243 cm³/mol. The van der Waals surface area contributed by atoms with Crippen molar-refractivity contribution >= 4 is 49.8 Å². The van der Waals surface area contributed by atoms with Crippen LogP contribution in [-0.4, -0.2) is 0 Å². The fourth-order valence-corrected chi connectivity index (χ4v) is 9.47. The summed E-state index contributed by atoms with van der Waals surface area (Å²) in [5, 5.41) is 4.84. The third-order valence-corrected chi connectivity index (χ3v) is 12.1. The molecule has 0 bridgehead atoms. The second-order valence-corrected chi connectivity index (χ2v) is 15.6. The second kappa shape index (κ2) is 14.4. The molecular formula is C56H41NO. The topological polar surface area (TPSA) is 16.4 Å². The first kappa shape index (κ1) is 34.1. The van der Waals surface area contributed by atoms with Crippen LogP contribution in [0.4, 0.5) is 17.1 Å². The first-order valence-electron chi connectivity index (χ1n) is 20.4. The fraction of sp³-hybridized carbons (Fsp3) is 0.0714. The maximum atomic E-state index is 6.73. The van der Waals surface area contributed by atoms with Gasteiger partial charge in [0.1, 0.15) is 11.2 Å². The van der Waals surface area contributed by atoms with E-state index in [1.807, 2.05) is 0 Å². The van der Waals surface area contributed by atoms with E-state index in [0.29, 0.717) is 5.92 Å². The maximum absolute atomic E-state index is 6.73. The summed E-state index contributed by atoms with van der Waals surface area (Å²) >= 11 is 0. The smallest absolute Gasteiger partial charge is 0.136 e. The van der Waals surface area contributed by atoms with Crippen LogP contribution in [0.25, 0.3) is 66.1 Å². The summed E-state index contributed by atoms with van der Waals surface area (Å²) in [5.41, 5.74) is 17.0. The minimum atomic E-state index is 0.356. The van der Waals surface area contributed by atoms with Crippen molar-refractivity contribution in [3.8, 4) is 33.4 Å². The number of aryl methyl sites for hydroxylation is 1. The number of benzene rings is 9. The lowest BCUT2D eigenvalue weighted by Gasteiger charge is -2.25. The van der Waals surface area contributed by atoms with E-state index in [0.717, 1.165) is 52.9 Å². The molecule has 276 valence electrons. The highest BCUT2D eigenvalue weighted by Gasteiger charge is 2.29. The molecule has 0 aliphatic heterocycles. The molecule has 1 unspecified atom stereocenters. The molecular weight excluding hydrogens is 703 g/mol. The van der Waals surface area contributed by atoms with Crippen molar-refractivity contribution in [3.63, 3.8) is 0 Å². The predicted octanol–water partition coefficient (Wildman–Crippen LogP) is 15.5. The summed E-state index contributed by atoms with van der Waals surface area (Å²) in [6.45, 7) is 0. The van der Waals surface area contributed by atoms with Gasteiger partial charge >= 0.3 is 0 Å². The van der Waals surface area contributed by atoms with Crippen LogP contribution in [-0.2, 0) is 12.8 Å². The third kappa shape index (κ3) is 5.97. The molecule has 1 aliphatic carbocycles. The first-order valence-corrected chi connectivity index (χ1v) is 20.4. The van der Waals surface area contributed by atoms with Gasteiger partial charge in [-0.3, -0.25) is 0 Å². The molecule has 1 heterocycles. The Morgan fingerprint density at radius 1 is 0.466 bits per heavy atom. The van der Waals surface area contributed by atoms with Crippen molar-refractivity contribution in [1.29, 1.82) is 0 Å². The molecule has 1 aromatic heterocycles. The van der Waals surface area contributed by atoms with Crippen molar-refractivity contribution in [3.05, 3.63) is 223 Å². The largest absolute Gasteiger partial charge is 0.456 e. The quantitative estimate of drug-likeness (QED) is 0.162. The molecule has 9 aromatic carbocycles. The van der Waals surface area contributed by atoms with Gasteiger partial charge in [-0.15, -0.1) is 0 Å². The van der Waals surface area contributed by atoms with E-state index in [4.69, 9.17) is 4.42 Å². The van der Waals surface area contributed by atoms with Crippen molar-refractivity contribution < 1.29 is 4.42 Å². The SMILES string of the molecule is c1ccc(CC2CCc3cc4oc5ccccc5c4c(-c4cccc5ccccc45)c3-c3cc(-c4ccc(N(c5ccccc5)c5ccccc5)cc4)ccc32)cc1. The molecule has 0 radical (unpaired) electrons. The number of para-hydroxylation sites is 3. The van der Waals surface area contributed by atoms with Crippen LogP contribution < -0.4 is 4.90 Å². The Bertz CT molecular complexity index is 3030. The number of hydrogen-bond donors (Lipinski definition) is 0. The second-order valence-electron chi connectivity index (χ2n) is 15.6. The van der Waals surface area contributed by atoms with Crippen LogP contribution >= 0.6 is 0 Å². The van der Waals surface area contributed by atoms with Crippen LogP contribution in [0.3, 0.4) is 0 Å². The van der Waals surface area contributed by atoms with Crippen LogP contribution in [0.5, 0.6) is 0 Å². The van der Waals surface area contributed by atoms with Gasteiger partial charge in [-0.05, 0) is 135 Å². The van der Waals surface area contributed by atoms with Crippen LogP contribution in [0, 0.1) is 0 Å². The molecule has 11 rings (SSSR count). The van der Waals surface area contributed by atoms with Crippen LogP contribution in [0.15, 0.2) is 211 Å². The maximum Gasteiger partial charge on any atom is 0.136 e. The molecule has 0 amide bonds. The lowest BCUT2D eigenvalue weighted by atomic mass is 9.82. The van der Waals surface area contributed by atoms with Gasteiger partial charge in [-0.2, -0.15) is 0 Å². The average molecular weight is 744 g/mol. The minimum absolute atomic E-state index is 0.356. The zero-order valence-corrected chi connectivity index (χ0v) is 32.2. The zero-order valence-electron chi connectivity index (χ0n) is 32.2. The summed E-state index contributed by atoms with van der Waals surface area (Å²) in [5.74, 6) is 0.356. The van der Waals surface area contributed by atoms with Gasteiger partial charge in [0.05, 0.1) is 0 Å². The van der Waals surface area contributed by atoms with Gasteiger partial charge in [-0.25, -0.2) is 0 Å². The van der Waals surface area contributed by atoms with E-state index in [1.165, 1.54) is 66.2 Å². The van der Waals surface area contributed by atoms with E-state index in [1.54, 1.807) is 0 Å². The van der Waals surface area contributed by atoms with Crippen molar-refractivity contribution in [2.45, 2.75) is 25.2 Å². The van der Waals surface area contributed by atoms with Gasteiger partial charge in [-0.1, -0.05) is 152 Å². The number of rotatable bonds is 7. The Balaban J connectivity index is 1.14. The molecule has 0 N–H and O–H groups in total. The van der Waals surface area contributed by atoms with E-state index in [9.17, 15) is 0 Å². The van der Waals surface area contributed by atoms with Gasteiger partial charge in [0.25, 0.3) is 0 Å². The highest BCUT2D eigenvalue weighted by atomic mass is 16.3. The molecule has 1 atom stereocenters. The van der Waals surface area contributed by atoms with E-state index < -0.39 is 0 Å². The lowest BCUT2D eigenvalue weighted by molar-refractivity contribution is 0.627. The Hall–Kier alpha value is -7.16. The highest BCUT2D eigenvalue weighted by molar-refractivity contribution is 6.19. The Morgan fingerprint density at radius 2 is 1.09 bits per heavy atom. The summed E-state index contributed by atoms with van der Waals surface area (Å²) < 4.78 is 6.73. The molecule has 58 heavy (non-hydrogen) atoms. The number of hydrogen-bond acceptors (Lipinski definition) is 2. The number of anilines is 3. The van der Waals surface area contributed by atoms with Crippen molar-refractivity contribution in [2.24, 2.45) is 0 Å². The van der Waals surface area contributed by atoms with Crippen LogP contribution in [0.1, 0.15) is 29.0 Å². The molecule has 0 saturated heterocycles. The number of furan rings is 1. The standard InChI is InChI=1S/C56H41NO/c1-4-15-38(16-5-1)35-42-27-28-43-37-53-55(50-24-12-13-26-52(50)58-53)56(49-25-14-18-40-17-10-11-23-47(40)49)54(43)51-36-41(31-34-48(42)51)39-29-32-46(33-30-39)57(44-19-6-2-7-20-44)45-21-8-3-9-22-45/h1-26,29-34,36-37,42H,27-28,35H2. The van der Waals surface area contributed by atoms with Gasteiger partial charge in [0.15, 0.2) is 0 Å². The minimum Gasteiger partial charge on any atom is -0.456 e. The zero-order chi connectivity index (χ0) is 38.4. The Kier molecular flexibility index (Phi) is 8.47. The fourth-order valence-electron chi connectivity index (χ4n) is 9.47. The summed E-state index contributed by atoms with van der Waals surface area (Å²) in [6, 6.07) is 75.1. The van der Waals surface area contributed by atoms with E-state index in [-0.39, 0.29) is 0 Å². The monoisotopic (exact) mass is 743 g/mol. The summed E-state index contributed by atoms with van der Waals surface area (Å²) in [7, 11) is 0. The molecule has 0 fully saturated rings. The van der Waals surface area contributed by atoms with Gasteiger partial charge < -0.3 is 9.32 Å². The molecule has 2 heteroatoms. The average Bonchev–Trinajstić information content (AvgIpc) is 3.59. The summed E-state index contributed by atoms with van der Waals surface area (Å²) in [4.78, 5) is 2.32. The summed E-state index contributed by atoms with van der Waals surface area (Å²) in [6.07, 6.45) is 3.01. The van der Waals surface area contributed by atoms with Crippen molar-refractivity contribution in [2.75, 3.05) is 4.90 Å². The van der Waals surface area contributed by atoms with E-state index in [2.05, 4.69) is 211 Å². The third-order valence-electron chi connectivity index (χ3n) is 12.1. The van der Waals surface area contributed by atoms with Gasteiger partial charge in [0.2, 0.25) is 0 Å². The molecule has 0 saturated carbocycles. The molecule has 1 aliphatic rings. The molecule has 10 aromatic rings. The number of nitrogens with zero attached hydrogens (tertiary/aromatic N) is 1. The lowest BCUT2D eigenvalue weighted by Crippen LogP contribution is -2.09. The molecule has 0 spiro atoms. The number of fused-ring (bicyclic) bond motifs is 7.